The summed E-state index contributed by atoms with van der Waals surface area (Å²) in [6, 6.07) is 0. The monoisotopic (exact) mass is 138 g/mol. The SMILES string of the molecule is O[C@@H]1CCCc2[nH]ncc21. The Hall–Kier alpha value is -0.830. The molecule has 1 aromatic rings. The molecule has 1 aromatic heterocycles. The molecule has 0 saturated heterocycles. The average Bonchev–Trinajstić information content (AvgIpc) is 2.36. The summed E-state index contributed by atoms with van der Waals surface area (Å²) in [5.41, 5.74) is 2.10. The number of aromatic amines is 1. The lowest BCUT2D eigenvalue weighted by molar-refractivity contribution is 0.156. The minimum Gasteiger partial charge on any atom is -0.388 e. The van der Waals surface area contributed by atoms with Crippen LogP contribution in [-0.2, 0) is 6.42 Å². The number of nitrogens with zero attached hydrogens (tertiary/aromatic N) is 1. The molecule has 0 unspecified atom stereocenters. The minimum absolute atomic E-state index is 0.275. The smallest absolute Gasteiger partial charge is 0.0823 e. The number of aliphatic hydroxyl groups excluding tert-OH is 1. The van der Waals surface area contributed by atoms with Crippen LogP contribution in [0.1, 0.15) is 30.2 Å². The van der Waals surface area contributed by atoms with Crippen molar-refractivity contribution >= 4 is 0 Å². The second kappa shape index (κ2) is 2.09. The Morgan fingerprint density at radius 2 is 2.60 bits per heavy atom. The summed E-state index contributed by atoms with van der Waals surface area (Å²) in [7, 11) is 0. The molecule has 0 fully saturated rings. The highest BCUT2D eigenvalue weighted by molar-refractivity contribution is 5.21. The molecule has 0 spiro atoms. The highest BCUT2D eigenvalue weighted by atomic mass is 16.3. The van der Waals surface area contributed by atoms with Crippen LogP contribution in [0.15, 0.2) is 6.20 Å². The van der Waals surface area contributed by atoms with Gasteiger partial charge in [0, 0.05) is 11.3 Å². The molecule has 0 aromatic carbocycles. The lowest BCUT2D eigenvalue weighted by Gasteiger charge is -2.15. The topological polar surface area (TPSA) is 48.9 Å². The average molecular weight is 138 g/mol. The van der Waals surface area contributed by atoms with E-state index in [2.05, 4.69) is 10.2 Å². The van der Waals surface area contributed by atoms with E-state index in [4.69, 9.17) is 0 Å². The van der Waals surface area contributed by atoms with Gasteiger partial charge < -0.3 is 5.11 Å². The fourth-order valence-electron chi connectivity index (χ4n) is 1.44. The van der Waals surface area contributed by atoms with E-state index in [9.17, 15) is 5.11 Å². The predicted octanol–water partition coefficient (Wildman–Crippen LogP) is 0.779. The molecule has 2 N–H and O–H groups in total. The van der Waals surface area contributed by atoms with Gasteiger partial charge in [0.15, 0.2) is 0 Å². The number of aliphatic hydroxyl groups is 1. The van der Waals surface area contributed by atoms with Crippen molar-refractivity contribution in [2.45, 2.75) is 25.4 Å². The Balaban J connectivity index is 2.41. The van der Waals surface area contributed by atoms with E-state index < -0.39 is 0 Å². The van der Waals surface area contributed by atoms with Gasteiger partial charge in [0.25, 0.3) is 0 Å². The van der Waals surface area contributed by atoms with Crippen LogP contribution in [0.25, 0.3) is 0 Å². The molecule has 3 nitrogen and oxygen atoms in total. The van der Waals surface area contributed by atoms with Gasteiger partial charge in [-0.05, 0) is 19.3 Å². The van der Waals surface area contributed by atoms with E-state index in [1.165, 1.54) is 0 Å². The maximum Gasteiger partial charge on any atom is 0.0823 e. The number of aromatic nitrogens is 2. The molecule has 1 heterocycles. The van der Waals surface area contributed by atoms with E-state index >= 15 is 0 Å². The molecule has 0 aliphatic heterocycles. The number of aryl methyl sites for hydroxylation is 1. The lowest BCUT2D eigenvalue weighted by atomic mass is 9.96. The van der Waals surface area contributed by atoms with Crippen molar-refractivity contribution in [2.75, 3.05) is 0 Å². The predicted molar refractivity (Wildman–Crippen MR) is 36.5 cm³/mol. The molecule has 1 aliphatic carbocycles. The van der Waals surface area contributed by atoms with E-state index in [0.717, 1.165) is 30.5 Å². The Bertz CT molecular complexity index is 231. The summed E-state index contributed by atoms with van der Waals surface area (Å²) < 4.78 is 0. The van der Waals surface area contributed by atoms with Crippen molar-refractivity contribution in [3.8, 4) is 0 Å². The molecular formula is C7H10N2O. The Morgan fingerprint density at radius 3 is 3.40 bits per heavy atom. The quantitative estimate of drug-likeness (QED) is 0.556. The number of fused-ring (bicyclic) bond motifs is 1. The largest absolute Gasteiger partial charge is 0.388 e. The molecule has 0 amide bonds. The van der Waals surface area contributed by atoms with Crippen LogP contribution in [-0.4, -0.2) is 15.3 Å². The van der Waals surface area contributed by atoms with Gasteiger partial charge in [-0.2, -0.15) is 5.10 Å². The van der Waals surface area contributed by atoms with Crippen LogP contribution in [0.2, 0.25) is 0 Å². The first-order valence-corrected chi connectivity index (χ1v) is 3.58. The Morgan fingerprint density at radius 1 is 1.70 bits per heavy atom. The van der Waals surface area contributed by atoms with Gasteiger partial charge in [-0.25, -0.2) is 0 Å². The number of rotatable bonds is 0. The van der Waals surface area contributed by atoms with Crippen LogP contribution < -0.4 is 0 Å². The second-order valence-corrected chi connectivity index (χ2v) is 2.71. The molecule has 2 rings (SSSR count). The van der Waals surface area contributed by atoms with Crippen LogP contribution in [0.5, 0.6) is 0 Å². The zero-order valence-electron chi connectivity index (χ0n) is 5.67. The molecule has 10 heavy (non-hydrogen) atoms. The third kappa shape index (κ3) is 0.743. The van der Waals surface area contributed by atoms with Gasteiger partial charge in [0.05, 0.1) is 12.3 Å². The summed E-state index contributed by atoms with van der Waals surface area (Å²) in [5, 5.41) is 16.1. The van der Waals surface area contributed by atoms with Gasteiger partial charge in [-0.3, -0.25) is 5.10 Å². The van der Waals surface area contributed by atoms with Gasteiger partial charge in [-0.1, -0.05) is 0 Å². The number of nitrogens with one attached hydrogen (secondary N) is 1. The molecule has 1 aliphatic rings. The van der Waals surface area contributed by atoms with E-state index in [0.29, 0.717) is 0 Å². The first-order chi connectivity index (χ1) is 4.88. The zero-order valence-corrected chi connectivity index (χ0v) is 5.67. The lowest BCUT2D eigenvalue weighted by Crippen LogP contribution is -2.06. The first-order valence-electron chi connectivity index (χ1n) is 3.58. The van der Waals surface area contributed by atoms with Crippen LogP contribution in [0.4, 0.5) is 0 Å². The van der Waals surface area contributed by atoms with E-state index in [1.807, 2.05) is 0 Å². The number of H-pyrrole nitrogens is 1. The summed E-state index contributed by atoms with van der Waals surface area (Å²) >= 11 is 0. The highest BCUT2D eigenvalue weighted by Gasteiger charge is 2.18. The molecule has 1 atom stereocenters. The third-order valence-electron chi connectivity index (χ3n) is 2.01. The summed E-state index contributed by atoms with van der Waals surface area (Å²) in [6.45, 7) is 0. The summed E-state index contributed by atoms with van der Waals surface area (Å²) in [6.07, 6.45) is 4.43. The maximum absolute atomic E-state index is 9.39. The summed E-state index contributed by atoms with van der Waals surface area (Å²) in [4.78, 5) is 0. The van der Waals surface area contributed by atoms with Gasteiger partial charge in [0.2, 0.25) is 0 Å². The maximum atomic E-state index is 9.39. The third-order valence-corrected chi connectivity index (χ3v) is 2.01. The second-order valence-electron chi connectivity index (χ2n) is 2.71. The van der Waals surface area contributed by atoms with Gasteiger partial charge >= 0.3 is 0 Å². The number of hydrogen-bond acceptors (Lipinski definition) is 2. The zero-order chi connectivity index (χ0) is 6.97. The summed E-state index contributed by atoms with van der Waals surface area (Å²) in [5.74, 6) is 0. The normalized spacial score (nSPS) is 24.3. The standard InChI is InChI=1S/C7H10N2O/c10-7-3-1-2-6-5(7)4-8-9-6/h4,7,10H,1-3H2,(H,8,9)/t7-/m1/s1. The molecular weight excluding hydrogens is 128 g/mol. The highest BCUT2D eigenvalue weighted by Crippen LogP contribution is 2.27. The number of hydrogen-bond donors (Lipinski definition) is 2. The van der Waals surface area contributed by atoms with Crippen molar-refractivity contribution in [3.63, 3.8) is 0 Å². The fraction of sp³-hybridized carbons (Fsp3) is 0.571. The molecule has 3 heteroatoms. The van der Waals surface area contributed by atoms with Gasteiger partial charge in [0.1, 0.15) is 0 Å². The van der Waals surface area contributed by atoms with Crippen LogP contribution >= 0.6 is 0 Å². The van der Waals surface area contributed by atoms with Crippen LogP contribution in [0.3, 0.4) is 0 Å². The van der Waals surface area contributed by atoms with Crippen molar-refractivity contribution < 1.29 is 5.11 Å². The first kappa shape index (κ1) is 5.92. The van der Waals surface area contributed by atoms with E-state index in [1.54, 1.807) is 6.20 Å². The molecule has 0 saturated carbocycles. The fourth-order valence-corrected chi connectivity index (χ4v) is 1.44. The van der Waals surface area contributed by atoms with Crippen LogP contribution in [0, 0.1) is 0 Å². The molecule has 54 valence electrons. The minimum atomic E-state index is -0.275. The van der Waals surface area contributed by atoms with Gasteiger partial charge in [-0.15, -0.1) is 0 Å². The molecule has 0 bridgehead atoms. The Kier molecular flexibility index (Phi) is 1.24. The van der Waals surface area contributed by atoms with Crippen molar-refractivity contribution in [2.24, 2.45) is 0 Å². The molecule has 0 radical (unpaired) electrons. The van der Waals surface area contributed by atoms with Crippen molar-refractivity contribution in [1.29, 1.82) is 0 Å². The van der Waals surface area contributed by atoms with E-state index in [-0.39, 0.29) is 6.10 Å². The van der Waals surface area contributed by atoms with Crippen molar-refractivity contribution in [1.82, 2.24) is 10.2 Å². The Labute approximate surface area is 59.1 Å². The van der Waals surface area contributed by atoms with Crippen molar-refractivity contribution in [3.05, 3.63) is 17.5 Å².